The molecule has 78 valence electrons. The quantitative estimate of drug-likeness (QED) is 0.800. The zero-order valence-corrected chi connectivity index (χ0v) is 7.30. The monoisotopic (exact) mass is 207 g/mol. The Morgan fingerprint density at radius 1 is 1.50 bits per heavy atom. The van der Waals surface area contributed by atoms with Gasteiger partial charge in [-0.25, -0.2) is 4.98 Å². The molecule has 1 heterocycles. The molecule has 3 nitrogen and oxygen atoms in total. The molecular weight excluding hydrogens is 199 g/mol. The Balaban J connectivity index is 3.29. The van der Waals surface area contributed by atoms with Gasteiger partial charge in [-0.15, -0.1) is 0 Å². The molecule has 1 aromatic rings. The lowest BCUT2D eigenvalue weighted by Gasteiger charge is -2.12. The number of nitrogens with zero attached hydrogens (tertiary/aromatic N) is 1. The average Bonchev–Trinajstić information content (AvgIpc) is 2.15. The van der Waals surface area contributed by atoms with Crippen LogP contribution in [-0.2, 0) is 12.8 Å². The molecule has 1 N–H and O–H groups in total. The highest BCUT2D eigenvalue weighted by atomic mass is 19.4. The van der Waals surface area contributed by atoms with E-state index in [4.69, 9.17) is 5.11 Å². The smallest absolute Gasteiger partial charge is 0.437 e. The number of aliphatic hydroxyl groups excluding tert-OH is 1. The minimum absolute atomic E-state index is 0.0647. The molecule has 0 unspecified atom stereocenters. The van der Waals surface area contributed by atoms with Gasteiger partial charge in [0, 0.05) is 11.8 Å². The molecular formula is C8H8F3NO2. The summed E-state index contributed by atoms with van der Waals surface area (Å²) in [6.45, 7) is -0.519. The minimum Gasteiger partial charge on any atom is -0.494 e. The lowest BCUT2D eigenvalue weighted by atomic mass is 10.2. The summed E-state index contributed by atoms with van der Waals surface area (Å²) in [6, 6.07) is 1.27. The van der Waals surface area contributed by atoms with Crippen LogP contribution in [0.25, 0.3) is 0 Å². The summed E-state index contributed by atoms with van der Waals surface area (Å²) in [5, 5.41) is 8.76. The lowest BCUT2D eigenvalue weighted by Crippen LogP contribution is -2.11. The summed E-state index contributed by atoms with van der Waals surface area (Å²) in [5.41, 5.74) is -1.05. The van der Waals surface area contributed by atoms with E-state index >= 15 is 0 Å². The predicted octanol–water partition coefficient (Wildman–Crippen LogP) is 1.60. The van der Waals surface area contributed by atoms with Gasteiger partial charge < -0.3 is 9.84 Å². The van der Waals surface area contributed by atoms with Crippen LogP contribution in [0.3, 0.4) is 0 Å². The molecule has 0 amide bonds. The van der Waals surface area contributed by atoms with E-state index < -0.39 is 24.2 Å². The number of halogens is 3. The number of alkyl halides is 3. The molecule has 0 saturated carbocycles. The van der Waals surface area contributed by atoms with Gasteiger partial charge in [0.1, 0.15) is 0 Å². The normalized spacial score (nSPS) is 11.5. The van der Waals surface area contributed by atoms with Crippen LogP contribution in [0, 0.1) is 0 Å². The van der Waals surface area contributed by atoms with E-state index in [1.165, 1.54) is 6.07 Å². The van der Waals surface area contributed by atoms with Gasteiger partial charge in [-0.2, -0.15) is 13.2 Å². The molecule has 0 aliphatic carbocycles. The highest BCUT2D eigenvalue weighted by Gasteiger charge is 2.37. The summed E-state index contributed by atoms with van der Waals surface area (Å²) >= 11 is 0. The summed E-state index contributed by atoms with van der Waals surface area (Å²) in [7, 11) is 1.10. The third-order valence-corrected chi connectivity index (χ3v) is 1.63. The molecule has 1 rings (SSSR count). The van der Waals surface area contributed by atoms with Gasteiger partial charge in [0.25, 0.3) is 0 Å². The van der Waals surface area contributed by atoms with Gasteiger partial charge in [0.15, 0.2) is 11.4 Å². The van der Waals surface area contributed by atoms with Crippen LogP contribution >= 0.6 is 0 Å². The molecule has 0 spiro atoms. The Labute approximate surface area is 78.2 Å². The Hall–Kier alpha value is -1.30. The topological polar surface area (TPSA) is 42.4 Å². The van der Waals surface area contributed by atoms with Crippen LogP contribution in [-0.4, -0.2) is 17.2 Å². The van der Waals surface area contributed by atoms with Crippen LogP contribution in [0.2, 0.25) is 0 Å². The maximum atomic E-state index is 12.3. The van der Waals surface area contributed by atoms with E-state index in [0.29, 0.717) is 0 Å². The fourth-order valence-electron chi connectivity index (χ4n) is 1.04. The van der Waals surface area contributed by atoms with Crippen molar-refractivity contribution in [3.05, 3.63) is 23.5 Å². The Morgan fingerprint density at radius 2 is 2.14 bits per heavy atom. The van der Waals surface area contributed by atoms with Crippen LogP contribution in [0.4, 0.5) is 13.2 Å². The average molecular weight is 207 g/mol. The number of ether oxygens (including phenoxy) is 1. The largest absolute Gasteiger partial charge is 0.494 e. The SMILES string of the molecule is COc1c(CO)ccnc1C(F)(F)F. The summed E-state index contributed by atoms with van der Waals surface area (Å²) in [4.78, 5) is 3.17. The van der Waals surface area contributed by atoms with E-state index in [1.54, 1.807) is 0 Å². The van der Waals surface area contributed by atoms with Crippen molar-refractivity contribution >= 4 is 0 Å². The van der Waals surface area contributed by atoms with Crippen molar-refractivity contribution < 1.29 is 23.0 Å². The first-order valence-corrected chi connectivity index (χ1v) is 3.70. The second kappa shape index (κ2) is 3.83. The van der Waals surface area contributed by atoms with E-state index in [0.717, 1.165) is 13.3 Å². The van der Waals surface area contributed by atoms with Crippen molar-refractivity contribution in [3.63, 3.8) is 0 Å². The molecule has 0 radical (unpaired) electrons. The van der Waals surface area contributed by atoms with Crippen LogP contribution in [0.5, 0.6) is 5.75 Å². The fraction of sp³-hybridized carbons (Fsp3) is 0.375. The van der Waals surface area contributed by atoms with Crippen molar-refractivity contribution in [2.24, 2.45) is 0 Å². The van der Waals surface area contributed by atoms with Gasteiger partial charge in [-0.1, -0.05) is 0 Å². The Morgan fingerprint density at radius 3 is 2.57 bits per heavy atom. The first-order valence-electron chi connectivity index (χ1n) is 3.70. The third-order valence-electron chi connectivity index (χ3n) is 1.63. The molecule has 0 aliphatic rings. The molecule has 0 bridgehead atoms. The summed E-state index contributed by atoms with van der Waals surface area (Å²) in [5.74, 6) is -0.428. The lowest BCUT2D eigenvalue weighted by molar-refractivity contribution is -0.142. The molecule has 1 aromatic heterocycles. The minimum atomic E-state index is -4.57. The molecule has 0 aromatic carbocycles. The van der Waals surface area contributed by atoms with Gasteiger partial charge >= 0.3 is 6.18 Å². The molecule has 14 heavy (non-hydrogen) atoms. The number of hydrogen-bond donors (Lipinski definition) is 1. The van der Waals surface area contributed by atoms with Crippen LogP contribution in [0.15, 0.2) is 12.3 Å². The Kier molecular flexibility index (Phi) is 2.95. The van der Waals surface area contributed by atoms with Gasteiger partial charge in [-0.3, -0.25) is 0 Å². The maximum absolute atomic E-state index is 12.3. The van der Waals surface area contributed by atoms with Gasteiger partial charge in [-0.05, 0) is 6.07 Å². The second-order valence-corrected chi connectivity index (χ2v) is 2.51. The standard InChI is InChI=1S/C8H8F3NO2/c1-14-6-5(4-13)2-3-12-7(6)8(9,10)11/h2-3,13H,4H2,1H3. The van der Waals surface area contributed by atoms with Crippen molar-refractivity contribution in [2.75, 3.05) is 7.11 Å². The highest BCUT2D eigenvalue weighted by Crippen LogP contribution is 2.36. The highest BCUT2D eigenvalue weighted by molar-refractivity contribution is 5.37. The Bertz CT molecular complexity index is 325. The number of aliphatic hydroxyl groups is 1. The van der Waals surface area contributed by atoms with Crippen molar-refractivity contribution in [1.29, 1.82) is 0 Å². The number of rotatable bonds is 2. The maximum Gasteiger partial charge on any atom is 0.437 e. The molecule has 0 atom stereocenters. The third kappa shape index (κ3) is 1.95. The zero-order chi connectivity index (χ0) is 10.8. The second-order valence-electron chi connectivity index (χ2n) is 2.51. The number of hydrogen-bond acceptors (Lipinski definition) is 3. The van der Waals surface area contributed by atoms with E-state index in [9.17, 15) is 13.2 Å². The molecule has 0 aliphatic heterocycles. The van der Waals surface area contributed by atoms with Crippen molar-refractivity contribution in [2.45, 2.75) is 12.8 Å². The molecule has 0 saturated heterocycles. The summed E-state index contributed by atoms with van der Waals surface area (Å²) < 4.78 is 41.5. The van der Waals surface area contributed by atoms with E-state index in [2.05, 4.69) is 9.72 Å². The van der Waals surface area contributed by atoms with Crippen molar-refractivity contribution in [1.82, 2.24) is 4.98 Å². The number of methoxy groups -OCH3 is 1. The van der Waals surface area contributed by atoms with Gasteiger partial charge in [0.05, 0.1) is 13.7 Å². The molecule has 6 heteroatoms. The zero-order valence-electron chi connectivity index (χ0n) is 7.30. The summed E-state index contributed by atoms with van der Waals surface area (Å²) in [6.07, 6.45) is -3.59. The van der Waals surface area contributed by atoms with Crippen LogP contribution in [0.1, 0.15) is 11.3 Å². The predicted molar refractivity (Wildman–Crippen MR) is 41.7 cm³/mol. The number of pyridine rings is 1. The number of aromatic nitrogens is 1. The van der Waals surface area contributed by atoms with Gasteiger partial charge in [0.2, 0.25) is 0 Å². The first-order chi connectivity index (χ1) is 6.50. The first kappa shape index (κ1) is 10.8. The van der Waals surface area contributed by atoms with Crippen molar-refractivity contribution in [3.8, 4) is 5.75 Å². The molecule has 0 fully saturated rings. The van der Waals surface area contributed by atoms with E-state index in [-0.39, 0.29) is 5.56 Å². The van der Waals surface area contributed by atoms with E-state index in [1.807, 2.05) is 0 Å². The fourth-order valence-corrected chi connectivity index (χ4v) is 1.04. The van der Waals surface area contributed by atoms with Crippen LogP contribution < -0.4 is 4.74 Å².